The smallest absolute Gasteiger partial charge is 0.228 e. The molecule has 0 spiro atoms. The maximum atomic E-state index is 12.8. The van der Waals surface area contributed by atoms with E-state index in [1.54, 1.807) is 18.0 Å². The van der Waals surface area contributed by atoms with E-state index in [0.717, 1.165) is 55.3 Å². The summed E-state index contributed by atoms with van der Waals surface area (Å²) in [6.07, 6.45) is 7.21. The van der Waals surface area contributed by atoms with Crippen molar-refractivity contribution in [3.05, 3.63) is 41.2 Å². The second-order valence-electron chi connectivity index (χ2n) is 6.85. The molecule has 1 atom stereocenters. The minimum absolute atomic E-state index is 0.104. The van der Waals surface area contributed by atoms with Crippen molar-refractivity contribution < 1.29 is 9.53 Å². The van der Waals surface area contributed by atoms with Crippen molar-refractivity contribution >= 4 is 22.8 Å². The summed E-state index contributed by atoms with van der Waals surface area (Å²) in [6.45, 7) is 3.93. The van der Waals surface area contributed by atoms with Gasteiger partial charge in [-0.2, -0.15) is 0 Å². The van der Waals surface area contributed by atoms with Crippen molar-refractivity contribution in [1.82, 2.24) is 14.8 Å². The molecule has 0 saturated carbocycles. The quantitative estimate of drug-likeness (QED) is 0.795. The lowest BCUT2D eigenvalue weighted by Gasteiger charge is -2.33. The number of ether oxygens (including phenoxy) is 1. The monoisotopic (exact) mass is 372 g/mol. The molecule has 3 aliphatic heterocycles. The Hall–Kier alpha value is -1.86. The van der Waals surface area contributed by atoms with Gasteiger partial charge in [0.15, 0.2) is 5.17 Å². The van der Waals surface area contributed by atoms with E-state index in [1.165, 1.54) is 0 Å². The van der Waals surface area contributed by atoms with Crippen LogP contribution in [0.1, 0.15) is 31.2 Å². The predicted molar refractivity (Wildman–Crippen MR) is 103 cm³/mol. The SMILES string of the molecule is O=C(CC1=CSC2=NCCCN12)N1CCC[C@@H](OCc2cccnc2)C1. The molecule has 1 aromatic rings. The van der Waals surface area contributed by atoms with E-state index in [-0.39, 0.29) is 12.0 Å². The maximum Gasteiger partial charge on any atom is 0.228 e. The van der Waals surface area contributed by atoms with Crippen LogP contribution in [0.15, 0.2) is 40.6 Å². The van der Waals surface area contributed by atoms with Crippen LogP contribution in [0.4, 0.5) is 0 Å². The third-order valence-corrected chi connectivity index (χ3v) is 5.89. The summed E-state index contributed by atoms with van der Waals surface area (Å²) in [5.74, 6) is 0.193. The second kappa shape index (κ2) is 8.22. The number of fused-ring (bicyclic) bond motifs is 1. The van der Waals surface area contributed by atoms with E-state index in [1.807, 2.05) is 23.2 Å². The number of aromatic nitrogens is 1. The number of thioether (sulfide) groups is 1. The Kier molecular flexibility index (Phi) is 5.55. The van der Waals surface area contributed by atoms with Gasteiger partial charge in [-0.15, -0.1) is 0 Å². The summed E-state index contributed by atoms with van der Waals surface area (Å²) >= 11 is 1.64. The van der Waals surface area contributed by atoms with Crippen molar-refractivity contribution in [1.29, 1.82) is 0 Å². The first kappa shape index (κ1) is 17.5. The molecule has 7 heteroatoms. The average molecular weight is 372 g/mol. The van der Waals surface area contributed by atoms with Crippen molar-refractivity contribution in [2.45, 2.75) is 38.4 Å². The van der Waals surface area contributed by atoms with Gasteiger partial charge in [0.25, 0.3) is 0 Å². The molecule has 0 bridgehead atoms. The van der Waals surface area contributed by atoms with Gasteiger partial charge in [-0.1, -0.05) is 17.8 Å². The van der Waals surface area contributed by atoms with Crippen LogP contribution in [0.2, 0.25) is 0 Å². The molecule has 0 aromatic carbocycles. The second-order valence-corrected chi connectivity index (χ2v) is 7.69. The molecule has 0 N–H and O–H groups in total. The van der Waals surface area contributed by atoms with Crippen LogP contribution in [0.5, 0.6) is 0 Å². The summed E-state index contributed by atoms with van der Waals surface area (Å²) in [5, 5.41) is 3.14. The molecular weight excluding hydrogens is 348 g/mol. The average Bonchev–Trinajstić information content (AvgIpc) is 3.10. The Morgan fingerprint density at radius 1 is 1.35 bits per heavy atom. The summed E-state index contributed by atoms with van der Waals surface area (Å²) < 4.78 is 6.02. The van der Waals surface area contributed by atoms with E-state index >= 15 is 0 Å². The molecule has 4 rings (SSSR count). The Balaban J connectivity index is 1.29. The van der Waals surface area contributed by atoms with Crippen LogP contribution < -0.4 is 0 Å². The lowest BCUT2D eigenvalue weighted by molar-refractivity contribution is -0.135. The molecule has 1 amide bonds. The lowest BCUT2D eigenvalue weighted by Crippen LogP contribution is -2.44. The molecule has 1 aromatic heterocycles. The molecule has 0 aliphatic carbocycles. The first-order valence-corrected chi connectivity index (χ1v) is 10.1. The zero-order valence-corrected chi connectivity index (χ0v) is 15.7. The van der Waals surface area contributed by atoms with Crippen LogP contribution in [-0.2, 0) is 16.1 Å². The third kappa shape index (κ3) is 4.10. The van der Waals surface area contributed by atoms with Gasteiger partial charge in [-0.3, -0.25) is 14.8 Å². The summed E-state index contributed by atoms with van der Waals surface area (Å²) in [4.78, 5) is 25.6. The van der Waals surface area contributed by atoms with Crippen LogP contribution in [0.25, 0.3) is 0 Å². The number of pyridine rings is 1. The van der Waals surface area contributed by atoms with Crippen molar-refractivity contribution in [3.8, 4) is 0 Å². The number of carbonyl (C=O) groups excluding carboxylic acids is 1. The molecular formula is C19H24N4O2S. The first-order valence-electron chi connectivity index (χ1n) is 9.25. The standard InChI is InChI=1S/C19H24N4O2S/c24-18(10-16-14-26-19-21-7-3-9-23(16)19)22-8-2-5-17(12-22)25-13-15-4-1-6-20-11-15/h1,4,6,11,14,17H,2-3,5,7-10,12-13H2/t17-/m1/s1. The van der Waals surface area contributed by atoms with Gasteiger partial charge in [-0.05, 0) is 36.3 Å². The molecule has 0 unspecified atom stereocenters. The van der Waals surface area contributed by atoms with Crippen LogP contribution in [0.3, 0.4) is 0 Å². The normalized spacial score (nSPS) is 22.7. The maximum absolute atomic E-state index is 12.8. The number of piperidine rings is 1. The van der Waals surface area contributed by atoms with Gasteiger partial charge >= 0.3 is 0 Å². The number of hydrogen-bond donors (Lipinski definition) is 0. The minimum Gasteiger partial charge on any atom is -0.372 e. The van der Waals surface area contributed by atoms with E-state index in [2.05, 4.69) is 20.3 Å². The summed E-state index contributed by atoms with van der Waals surface area (Å²) in [6, 6.07) is 3.93. The van der Waals surface area contributed by atoms with Gasteiger partial charge in [0, 0.05) is 44.3 Å². The number of hydrogen-bond acceptors (Lipinski definition) is 6. The third-order valence-electron chi connectivity index (χ3n) is 4.94. The van der Waals surface area contributed by atoms with Crippen LogP contribution in [0, 0.1) is 0 Å². The molecule has 6 nitrogen and oxygen atoms in total. The highest BCUT2D eigenvalue weighted by atomic mass is 32.2. The number of amidine groups is 1. The Morgan fingerprint density at radius 2 is 2.31 bits per heavy atom. The van der Waals surface area contributed by atoms with Gasteiger partial charge in [0.2, 0.25) is 5.91 Å². The molecule has 3 aliphatic rings. The molecule has 4 heterocycles. The fourth-order valence-corrected chi connectivity index (χ4v) is 4.49. The zero-order valence-electron chi connectivity index (χ0n) is 14.8. The molecule has 0 radical (unpaired) electrons. The number of carbonyl (C=O) groups is 1. The zero-order chi connectivity index (χ0) is 17.8. The molecule has 1 fully saturated rings. The molecule has 138 valence electrons. The van der Waals surface area contributed by atoms with Crippen molar-refractivity contribution in [3.63, 3.8) is 0 Å². The van der Waals surface area contributed by atoms with Crippen LogP contribution in [-0.4, -0.2) is 58.1 Å². The minimum atomic E-state index is 0.104. The van der Waals surface area contributed by atoms with Gasteiger partial charge in [-0.25, -0.2) is 0 Å². The van der Waals surface area contributed by atoms with Gasteiger partial charge in [0.1, 0.15) is 0 Å². The predicted octanol–water partition coefficient (Wildman–Crippen LogP) is 2.63. The number of aliphatic imine (C=N–C) groups is 1. The van der Waals surface area contributed by atoms with Gasteiger partial charge < -0.3 is 14.5 Å². The van der Waals surface area contributed by atoms with E-state index in [0.29, 0.717) is 19.6 Å². The lowest BCUT2D eigenvalue weighted by atomic mass is 10.1. The van der Waals surface area contributed by atoms with Gasteiger partial charge in [0.05, 0.1) is 19.1 Å². The van der Waals surface area contributed by atoms with E-state index in [4.69, 9.17) is 4.74 Å². The summed E-state index contributed by atoms with van der Waals surface area (Å²) in [7, 11) is 0. The van der Waals surface area contributed by atoms with E-state index < -0.39 is 0 Å². The fourth-order valence-electron chi connectivity index (χ4n) is 3.54. The Labute approximate surface area is 158 Å². The highest BCUT2D eigenvalue weighted by Crippen LogP contribution is 2.31. The highest BCUT2D eigenvalue weighted by Gasteiger charge is 2.29. The number of nitrogens with zero attached hydrogens (tertiary/aromatic N) is 4. The largest absolute Gasteiger partial charge is 0.372 e. The molecule has 26 heavy (non-hydrogen) atoms. The Morgan fingerprint density at radius 3 is 3.19 bits per heavy atom. The summed E-state index contributed by atoms with van der Waals surface area (Å²) in [5.41, 5.74) is 2.16. The number of rotatable bonds is 5. The van der Waals surface area contributed by atoms with E-state index in [9.17, 15) is 4.79 Å². The number of likely N-dealkylation sites (tertiary alicyclic amines) is 1. The Bertz CT molecular complexity index is 707. The number of amides is 1. The molecule has 1 saturated heterocycles. The first-order chi connectivity index (χ1) is 12.8. The fraction of sp³-hybridized carbons (Fsp3) is 0.526. The van der Waals surface area contributed by atoms with Crippen LogP contribution >= 0.6 is 11.8 Å². The highest BCUT2D eigenvalue weighted by molar-refractivity contribution is 8.16. The van der Waals surface area contributed by atoms with Crippen molar-refractivity contribution in [2.24, 2.45) is 4.99 Å². The topological polar surface area (TPSA) is 58.0 Å². The van der Waals surface area contributed by atoms with Crippen molar-refractivity contribution in [2.75, 3.05) is 26.2 Å².